The average Bonchev–Trinajstić information content (AvgIpc) is 2.85. The quantitative estimate of drug-likeness (QED) is 0.370. The van der Waals surface area contributed by atoms with Crippen molar-refractivity contribution >= 4 is 24.3 Å². The molecule has 0 radical (unpaired) electrons. The van der Waals surface area contributed by atoms with Crippen LogP contribution in [0.3, 0.4) is 0 Å². The average molecular weight is 280 g/mol. The molecule has 0 aliphatic carbocycles. The van der Waals surface area contributed by atoms with Crippen molar-refractivity contribution in [2.75, 3.05) is 0 Å². The van der Waals surface area contributed by atoms with Crippen LogP contribution in [0, 0.1) is 4.77 Å². The van der Waals surface area contributed by atoms with Crippen molar-refractivity contribution in [2.45, 2.75) is 0 Å². The van der Waals surface area contributed by atoms with Crippen molar-refractivity contribution in [3.63, 3.8) is 0 Å². The summed E-state index contributed by atoms with van der Waals surface area (Å²) in [5, 5.41) is 13.0. The Kier molecular flexibility index (Phi) is 3.57. The molecule has 0 aliphatic heterocycles. The molecule has 0 spiro atoms. The smallest absolute Gasteiger partial charge is 0.307 e. The van der Waals surface area contributed by atoms with Crippen LogP contribution >= 0.6 is 12.2 Å². The molecule has 8 nitrogen and oxygen atoms in total. The Morgan fingerprint density at radius 1 is 1.53 bits per heavy atom. The van der Waals surface area contributed by atoms with Crippen molar-refractivity contribution in [3.8, 4) is 5.88 Å². The minimum atomic E-state index is -0.628. The van der Waals surface area contributed by atoms with Gasteiger partial charge in [-0.2, -0.15) is 5.10 Å². The molecular weight excluding hydrogens is 272 g/mol. The van der Waals surface area contributed by atoms with Crippen molar-refractivity contribution in [1.29, 1.82) is 0 Å². The van der Waals surface area contributed by atoms with E-state index < -0.39 is 17.3 Å². The van der Waals surface area contributed by atoms with Gasteiger partial charge in [-0.05, 0) is 24.4 Å². The van der Waals surface area contributed by atoms with Crippen LogP contribution in [-0.2, 0) is 0 Å². The summed E-state index contributed by atoms with van der Waals surface area (Å²) < 4.78 is 4.82. The molecule has 0 bridgehead atoms. The van der Waals surface area contributed by atoms with Gasteiger partial charge in [0.2, 0.25) is 5.88 Å². The molecule has 0 saturated heterocycles. The van der Waals surface area contributed by atoms with E-state index in [1.165, 1.54) is 12.3 Å². The van der Waals surface area contributed by atoms with Crippen LogP contribution in [0.15, 0.2) is 32.7 Å². The van der Waals surface area contributed by atoms with Gasteiger partial charge in [-0.3, -0.25) is 14.6 Å². The second-order valence-electron chi connectivity index (χ2n) is 3.35. The molecule has 2 heterocycles. The Hall–Kier alpha value is -2.68. The summed E-state index contributed by atoms with van der Waals surface area (Å²) in [6.07, 6.45) is 2.33. The number of amides is 1. The predicted molar refractivity (Wildman–Crippen MR) is 67.7 cm³/mol. The van der Waals surface area contributed by atoms with Gasteiger partial charge in [-0.25, -0.2) is 5.43 Å². The van der Waals surface area contributed by atoms with Gasteiger partial charge in [-0.1, -0.05) is 0 Å². The monoisotopic (exact) mass is 280 g/mol. The number of nitrogens with zero attached hydrogens (tertiary/aromatic N) is 1. The third kappa shape index (κ3) is 2.96. The third-order valence-electron chi connectivity index (χ3n) is 2.06. The second kappa shape index (κ2) is 5.31. The summed E-state index contributed by atoms with van der Waals surface area (Å²) in [5.41, 5.74) is 1.35. The normalized spacial score (nSPS) is 10.7. The fourth-order valence-electron chi connectivity index (χ4n) is 1.22. The van der Waals surface area contributed by atoms with E-state index in [0.29, 0.717) is 0 Å². The molecule has 0 aromatic carbocycles. The lowest BCUT2D eigenvalue weighted by Gasteiger charge is -1.97. The lowest BCUT2D eigenvalue weighted by atomic mass is 10.3. The van der Waals surface area contributed by atoms with Crippen LogP contribution < -0.4 is 11.0 Å². The number of aromatic amines is 2. The molecule has 1 amide bonds. The van der Waals surface area contributed by atoms with Crippen molar-refractivity contribution < 1.29 is 14.3 Å². The molecule has 2 rings (SSSR count). The fourth-order valence-corrected chi connectivity index (χ4v) is 1.41. The summed E-state index contributed by atoms with van der Waals surface area (Å²) >= 11 is 4.66. The van der Waals surface area contributed by atoms with Crippen molar-refractivity contribution in [1.82, 2.24) is 15.4 Å². The number of hydrogen-bond acceptors (Lipinski definition) is 6. The number of rotatable bonds is 3. The van der Waals surface area contributed by atoms with Gasteiger partial charge < -0.3 is 14.5 Å². The summed E-state index contributed by atoms with van der Waals surface area (Å²) in [6, 6.07) is 3.00. The van der Waals surface area contributed by atoms with E-state index in [1.807, 2.05) is 0 Å². The number of hydrogen-bond donors (Lipinski definition) is 4. The van der Waals surface area contributed by atoms with Crippen molar-refractivity contribution in [2.24, 2.45) is 5.10 Å². The molecule has 98 valence electrons. The molecule has 0 fully saturated rings. The Labute approximate surface area is 110 Å². The van der Waals surface area contributed by atoms with E-state index in [0.717, 1.165) is 6.21 Å². The molecule has 0 aliphatic rings. The van der Waals surface area contributed by atoms with Crippen molar-refractivity contribution in [3.05, 3.63) is 44.8 Å². The first-order valence-corrected chi connectivity index (χ1v) is 5.41. The molecule has 4 N–H and O–H groups in total. The highest BCUT2D eigenvalue weighted by Crippen LogP contribution is 2.03. The molecule has 19 heavy (non-hydrogen) atoms. The number of nitrogens with one attached hydrogen (secondary N) is 3. The number of furan rings is 1. The first-order chi connectivity index (χ1) is 9.08. The Morgan fingerprint density at radius 2 is 2.32 bits per heavy atom. The highest BCUT2D eigenvalue weighted by molar-refractivity contribution is 7.71. The van der Waals surface area contributed by atoms with E-state index >= 15 is 0 Å². The Morgan fingerprint density at radius 3 is 2.95 bits per heavy atom. The predicted octanol–water partition coefficient (Wildman–Crippen LogP) is 0.495. The molecule has 0 unspecified atom stereocenters. The third-order valence-corrected chi connectivity index (χ3v) is 2.27. The highest BCUT2D eigenvalue weighted by Gasteiger charge is 2.07. The first kappa shape index (κ1) is 12.8. The van der Waals surface area contributed by atoms with E-state index in [1.54, 1.807) is 6.07 Å². The minimum Gasteiger partial charge on any atom is -0.494 e. The summed E-state index contributed by atoms with van der Waals surface area (Å²) in [5.74, 6) is -0.950. The molecule has 2 aromatic heterocycles. The summed E-state index contributed by atoms with van der Waals surface area (Å²) in [4.78, 5) is 27.5. The van der Waals surface area contributed by atoms with Gasteiger partial charge >= 0.3 is 5.91 Å². The van der Waals surface area contributed by atoms with Gasteiger partial charge in [-0.15, -0.1) is 0 Å². The number of carbonyl (C=O) groups excluding carboxylic acids is 1. The van der Waals surface area contributed by atoms with Gasteiger partial charge in [0.1, 0.15) is 5.56 Å². The van der Waals surface area contributed by atoms with E-state index in [9.17, 15) is 14.7 Å². The van der Waals surface area contributed by atoms with Crippen LogP contribution in [0.5, 0.6) is 5.88 Å². The second-order valence-corrected chi connectivity index (χ2v) is 3.76. The maximum absolute atomic E-state index is 11.4. The van der Waals surface area contributed by atoms with E-state index in [2.05, 4.69) is 32.7 Å². The lowest BCUT2D eigenvalue weighted by molar-refractivity contribution is 0.0927. The van der Waals surface area contributed by atoms with E-state index in [-0.39, 0.29) is 16.1 Å². The zero-order valence-corrected chi connectivity index (χ0v) is 10.2. The van der Waals surface area contributed by atoms with Crippen LogP contribution in [0.2, 0.25) is 0 Å². The zero-order valence-electron chi connectivity index (χ0n) is 9.34. The summed E-state index contributed by atoms with van der Waals surface area (Å²) in [7, 11) is 0. The number of H-pyrrole nitrogens is 2. The zero-order chi connectivity index (χ0) is 13.8. The lowest BCUT2D eigenvalue weighted by Crippen LogP contribution is -2.19. The van der Waals surface area contributed by atoms with Crippen LogP contribution in [0.4, 0.5) is 0 Å². The number of aromatic nitrogens is 2. The molecule has 0 saturated carbocycles. The molecule has 2 aromatic rings. The SMILES string of the molecule is O=C(N/N=C/c1c(O)[nH]c(=S)[nH]c1=O)c1ccco1. The Balaban J connectivity index is 2.14. The van der Waals surface area contributed by atoms with Crippen LogP contribution in [-0.4, -0.2) is 27.2 Å². The van der Waals surface area contributed by atoms with Gasteiger partial charge in [0.05, 0.1) is 12.5 Å². The maximum Gasteiger partial charge on any atom is 0.307 e. The van der Waals surface area contributed by atoms with Gasteiger partial charge in [0.25, 0.3) is 5.56 Å². The van der Waals surface area contributed by atoms with Gasteiger partial charge in [0, 0.05) is 0 Å². The number of aromatic hydroxyl groups is 1. The molecule has 9 heteroatoms. The van der Waals surface area contributed by atoms with E-state index in [4.69, 9.17) is 4.42 Å². The number of hydrazone groups is 1. The Bertz CT molecular complexity index is 729. The fraction of sp³-hybridized carbons (Fsp3) is 0. The number of carbonyl (C=O) groups is 1. The summed E-state index contributed by atoms with van der Waals surface area (Å²) in [6.45, 7) is 0. The standard InChI is InChI=1S/C10H8N4O4S/c15-7-5(8(16)13-10(19)12-7)4-11-14-9(17)6-2-1-3-18-6/h1-4H,(H,14,17)(H3,12,13,15,16,19)/b11-4+. The molecule has 0 atom stereocenters. The maximum atomic E-state index is 11.4. The molecular formula is C10H8N4O4S. The largest absolute Gasteiger partial charge is 0.494 e. The first-order valence-electron chi connectivity index (χ1n) is 5.00. The van der Waals surface area contributed by atoms with Gasteiger partial charge in [0.15, 0.2) is 10.5 Å². The highest BCUT2D eigenvalue weighted by atomic mass is 32.1. The van der Waals surface area contributed by atoms with Crippen LogP contribution in [0.25, 0.3) is 0 Å². The van der Waals surface area contributed by atoms with Crippen LogP contribution in [0.1, 0.15) is 16.1 Å². The topological polar surface area (TPSA) is 123 Å². The minimum absolute atomic E-state index is 0.0146.